The smallest absolute Gasteiger partial charge is 0.310 e. The molecule has 0 aliphatic rings. The Kier molecular flexibility index (Phi) is 4.82. The van der Waals surface area contributed by atoms with Gasteiger partial charge in [-0.3, -0.25) is 4.79 Å². The maximum atomic E-state index is 11.0. The van der Waals surface area contributed by atoms with Crippen LogP contribution in [0.5, 0.6) is 11.5 Å². The van der Waals surface area contributed by atoms with Gasteiger partial charge < -0.3 is 14.6 Å². The van der Waals surface area contributed by atoms with Gasteiger partial charge in [0.1, 0.15) is 18.1 Å². The zero-order valence-electron chi connectivity index (χ0n) is 10.3. The summed E-state index contributed by atoms with van der Waals surface area (Å²) < 4.78 is 10.5. The van der Waals surface area contributed by atoms with Gasteiger partial charge in [0, 0.05) is 0 Å². The maximum absolute atomic E-state index is 11.0. The average Bonchev–Trinajstić information content (AvgIpc) is 2.29. The highest BCUT2D eigenvalue weighted by atomic mass is 16.5. The maximum Gasteiger partial charge on any atom is 0.310 e. The molecule has 0 fully saturated rings. The molecule has 0 bridgehead atoms. The van der Waals surface area contributed by atoms with Crippen LogP contribution in [0.1, 0.15) is 13.8 Å². The monoisotopic (exact) mass is 238 g/mol. The zero-order valence-corrected chi connectivity index (χ0v) is 10.3. The Labute approximate surface area is 101 Å². The van der Waals surface area contributed by atoms with E-state index in [1.807, 2.05) is 13.8 Å². The number of aliphatic carboxylic acids is 1. The lowest BCUT2D eigenvalue weighted by Gasteiger charge is -2.16. The number of hydrogen-bond acceptors (Lipinski definition) is 3. The van der Waals surface area contributed by atoms with Crippen LogP contribution in [0.15, 0.2) is 24.3 Å². The molecule has 1 aromatic carbocycles. The molecule has 1 aromatic rings. The van der Waals surface area contributed by atoms with Crippen LogP contribution >= 0.6 is 0 Å². The highest BCUT2D eigenvalue weighted by molar-refractivity contribution is 5.70. The summed E-state index contributed by atoms with van der Waals surface area (Å²) in [5.74, 6) is 0.130. The number of carboxylic acids is 1. The number of carbonyl (C=O) groups is 1. The van der Waals surface area contributed by atoms with Crippen molar-refractivity contribution in [1.29, 1.82) is 0 Å². The van der Waals surface area contributed by atoms with Crippen LogP contribution in [0.4, 0.5) is 0 Å². The molecule has 0 aromatic heterocycles. The highest BCUT2D eigenvalue weighted by Gasteiger charge is 2.22. The third-order valence-corrected chi connectivity index (χ3v) is 2.61. The first kappa shape index (κ1) is 13.4. The van der Waals surface area contributed by atoms with Crippen molar-refractivity contribution in [1.82, 2.24) is 0 Å². The van der Waals surface area contributed by atoms with E-state index in [2.05, 4.69) is 0 Å². The summed E-state index contributed by atoms with van der Waals surface area (Å²) in [6.07, 6.45) is 0. The fourth-order valence-electron chi connectivity index (χ4n) is 1.41. The minimum absolute atomic E-state index is 0.0470. The largest absolute Gasteiger partial charge is 0.497 e. The van der Waals surface area contributed by atoms with Crippen molar-refractivity contribution in [2.24, 2.45) is 11.8 Å². The van der Waals surface area contributed by atoms with Crippen molar-refractivity contribution in [3.05, 3.63) is 24.3 Å². The predicted molar refractivity (Wildman–Crippen MR) is 64.5 cm³/mol. The minimum Gasteiger partial charge on any atom is -0.497 e. The molecule has 1 unspecified atom stereocenters. The van der Waals surface area contributed by atoms with E-state index in [4.69, 9.17) is 14.6 Å². The van der Waals surface area contributed by atoms with Gasteiger partial charge in [0.15, 0.2) is 0 Å². The summed E-state index contributed by atoms with van der Waals surface area (Å²) in [5, 5.41) is 9.00. The van der Waals surface area contributed by atoms with Crippen LogP contribution < -0.4 is 9.47 Å². The first-order chi connectivity index (χ1) is 8.04. The lowest BCUT2D eigenvalue weighted by molar-refractivity contribution is -0.144. The molecule has 17 heavy (non-hydrogen) atoms. The minimum atomic E-state index is -0.825. The SMILES string of the molecule is COc1ccc(OCC(C(=O)O)C(C)C)cc1. The van der Waals surface area contributed by atoms with Crippen molar-refractivity contribution in [3.8, 4) is 11.5 Å². The summed E-state index contributed by atoms with van der Waals surface area (Å²) in [4.78, 5) is 11.0. The van der Waals surface area contributed by atoms with Gasteiger partial charge >= 0.3 is 5.97 Å². The van der Waals surface area contributed by atoms with Crippen molar-refractivity contribution < 1.29 is 19.4 Å². The van der Waals surface area contributed by atoms with E-state index in [1.165, 1.54) is 0 Å². The third-order valence-electron chi connectivity index (χ3n) is 2.61. The summed E-state index contributed by atoms with van der Waals surface area (Å²) in [7, 11) is 1.59. The fourth-order valence-corrected chi connectivity index (χ4v) is 1.41. The van der Waals surface area contributed by atoms with Gasteiger partial charge in [-0.05, 0) is 30.2 Å². The summed E-state index contributed by atoms with van der Waals surface area (Å²) in [5.41, 5.74) is 0. The van der Waals surface area contributed by atoms with Crippen molar-refractivity contribution >= 4 is 5.97 Å². The molecule has 0 saturated heterocycles. The second-order valence-electron chi connectivity index (χ2n) is 4.18. The molecule has 0 aliphatic heterocycles. The molecule has 0 spiro atoms. The van der Waals surface area contributed by atoms with E-state index < -0.39 is 11.9 Å². The summed E-state index contributed by atoms with van der Waals surface area (Å²) in [6.45, 7) is 3.92. The highest BCUT2D eigenvalue weighted by Crippen LogP contribution is 2.19. The molecule has 1 rings (SSSR count). The zero-order chi connectivity index (χ0) is 12.8. The van der Waals surface area contributed by atoms with E-state index >= 15 is 0 Å². The van der Waals surface area contributed by atoms with Crippen LogP contribution in [0, 0.1) is 11.8 Å². The van der Waals surface area contributed by atoms with E-state index in [0.29, 0.717) is 5.75 Å². The van der Waals surface area contributed by atoms with Crippen molar-refractivity contribution in [2.45, 2.75) is 13.8 Å². The Morgan fingerprint density at radius 3 is 2.18 bits per heavy atom. The molecule has 94 valence electrons. The summed E-state index contributed by atoms with van der Waals surface area (Å²) in [6, 6.07) is 7.08. The number of carboxylic acid groups (broad SMARTS) is 1. The van der Waals surface area contributed by atoms with E-state index in [-0.39, 0.29) is 12.5 Å². The standard InChI is InChI=1S/C13H18O4/c1-9(2)12(13(14)15)8-17-11-6-4-10(16-3)5-7-11/h4-7,9,12H,8H2,1-3H3,(H,14,15). The lowest BCUT2D eigenvalue weighted by Crippen LogP contribution is -2.26. The van der Waals surface area contributed by atoms with Gasteiger partial charge in [-0.2, -0.15) is 0 Å². The van der Waals surface area contributed by atoms with E-state index in [1.54, 1.807) is 31.4 Å². The van der Waals surface area contributed by atoms with Crippen molar-refractivity contribution in [2.75, 3.05) is 13.7 Å². The van der Waals surface area contributed by atoms with Crippen LogP contribution in [0.3, 0.4) is 0 Å². The molecule has 1 N–H and O–H groups in total. The van der Waals surface area contributed by atoms with Gasteiger partial charge in [-0.15, -0.1) is 0 Å². The molecule has 0 aliphatic carbocycles. The Balaban J connectivity index is 2.56. The van der Waals surface area contributed by atoms with Crippen LogP contribution in [-0.2, 0) is 4.79 Å². The van der Waals surface area contributed by atoms with Gasteiger partial charge in [0.05, 0.1) is 13.0 Å². The Hall–Kier alpha value is -1.71. The summed E-state index contributed by atoms with van der Waals surface area (Å²) >= 11 is 0. The Bertz CT molecular complexity index is 356. The van der Waals surface area contributed by atoms with E-state index in [9.17, 15) is 4.79 Å². The molecule has 0 heterocycles. The number of hydrogen-bond donors (Lipinski definition) is 1. The quantitative estimate of drug-likeness (QED) is 0.827. The Morgan fingerprint density at radius 1 is 1.24 bits per heavy atom. The number of methoxy groups -OCH3 is 1. The second-order valence-corrected chi connectivity index (χ2v) is 4.18. The third kappa shape index (κ3) is 3.98. The number of rotatable bonds is 6. The topological polar surface area (TPSA) is 55.8 Å². The van der Waals surface area contributed by atoms with E-state index in [0.717, 1.165) is 5.75 Å². The molecule has 0 saturated carbocycles. The first-order valence-corrected chi connectivity index (χ1v) is 5.54. The van der Waals surface area contributed by atoms with Gasteiger partial charge in [0.2, 0.25) is 0 Å². The molecule has 1 atom stereocenters. The average molecular weight is 238 g/mol. The first-order valence-electron chi connectivity index (χ1n) is 5.54. The lowest BCUT2D eigenvalue weighted by atomic mass is 9.97. The van der Waals surface area contributed by atoms with Gasteiger partial charge in [-0.1, -0.05) is 13.8 Å². The number of benzene rings is 1. The van der Waals surface area contributed by atoms with Crippen LogP contribution in [-0.4, -0.2) is 24.8 Å². The van der Waals surface area contributed by atoms with Gasteiger partial charge in [-0.25, -0.2) is 0 Å². The Morgan fingerprint density at radius 2 is 1.76 bits per heavy atom. The fraction of sp³-hybridized carbons (Fsp3) is 0.462. The predicted octanol–water partition coefficient (Wildman–Crippen LogP) is 2.43. The second kappa shape index (κ2) is 6.13. The molecule has 4 heteroatoms. The van der Waals surface area contributed by atoms with Crippen LogP contribution in [0.2, 0.25) is 0 Å². The van der Waals surface area contributed by atoms with Crippen molar-refractivity contribution in [3.63, 3.8) is 0 Å². The normalized spacial score (nSPS) is 12.2. The molecular weight excluding hydrogens is 220 g/mol. The molecule has 0 radical (unpaired) electrons. The number of ether oxygens (including phenoxy) is 2. The van der Waals surface area contributed by atoms with Gasteiger partial charge in [0.25, 0.3) is 0 Å². The molecular formula is C13H18O4. The van der Waals surface area contributed by atoms with Crippen LogP contribution in [0.25, 0.3) is 0 Å². The molecule has 4 nitrogen and oxygen atoms in total. The molecule has 0 amide bonds.